The molecule has 3 fully saturated rings. The van der Waals surface area contributed by atoms with Gasteiger partial charge in [0, 0.05) is 20.1 Å². The highest BCUT2D eigenvalue weighted by atomic mass is 19.1. The molecule has 9 heteroatoms. The second kappa shape index (κ2) is 10.9. The molecular formula is C28H34FN5O3. The normalized spacial score (nSPS) is 23.2. The molecule has 8 nitrogen and oxygen atoms in total. The molecule has 2 saturated heterocycles. The Morgan fingerprint density at radius 1 is 1.00 bits per heavy atom. The van der Waals surface area contributed by atoms with Crippen LogP contribution in [0.25, 0.3) is 0 Å². The number of amides is 4. The summed E-state index contributed by atoms with van der Waals surface area (Å²) in [6.45, 7) is 1.10. The molecule has 2 aliphatic heterocycles. The lowest BCUT2D eigenvalue weighted by Gasteiger charge is -2.54. The number of hydrogen-bond acceptors (Lipinski definition) is 4. The van der Waals surface area contributed by atoms with Crippen LogP contribution < -0.4 is 5.32 Å². The number of piperazine rings is 1. The van der Waals surface area contributed by atoms with Gasteiger partial charge < -0.3 is 15.1 Å². The van der Waals surface area contributed by atoms with Crippen LogP contribution in [0.5, 0.6) is 0 Å². The van der Waals surface area contributed by atoms with Crippen molar-refractivity contribution in [3.8, 4) is 0 Å². The number of rotatable bonds is 5. The monoisotopic (exact) mass is 507 g/mol. The molecule has 0 spiro atoms. The van der Waals surface area contributed by atoms with Gasteiger partial charge in [0.05, 0.1) is 13.1 Å². The summed E-state index contributed by atoms with van der Waals surface area (Å²) < 4.78 is 13.3. The molecule has 1 saturated carbocycles. The maximum atomic E-state index is 13.9. The number of benzene rings is 2. The van der Waals surface area contributed by atoms with E-state index in [0.717, 1.165) is 24.0 Å². The van der Waals surface area contributed by atoms with Crippen molar-refractivity contribution in [2.24, 2.45) is 5.92 Å². The number of hydrazine groups is 1. The standard InChI is InChI=1S/C28H34FN5O3/c1-31-19-25(35)33-24(34(31)28(37)30-16-20-12-14-23(29)15-13-20)18-32(17-21-8-4-2-5-9-21)27(36)26(33)22-10-6-3-7-11-22/h3,6-7,10-15,21,24,26H,2,4-5,8-9,16-19H2,1H3,(H,30,37)/t24-,26-/m0/s1. The molecule has 3 aliphatic rings. The van der Waals surface area contributed by atoms with Crippen LogP contribution in [-0.4, -0.2) is 70.5 Å². The van der Waals surface area contributed by atoms with Gasteiger partial charge in [-0.1, -0.05) is 61.7 Å². The van der Waals surface area contributed by atoms with E-state index in [1.807, 2.05) is 35.2 Å². The minimum Gasteiger partial charge on any atom is -0.336 e. The lowest BCUT2D eigenvalue weighted by atomic mass is 9.88. The molecule has 0 aromatic heterocycles. The molecule has 2 aromatic rings. The maximum absolute atomic E-state index is 13.9. The quantitative estimate of drug-likeness (QED) is 0.672. The number of halogens is 1. The summed E-state index contributed by atoms with van der Waals surface area (Å²) in [5, 5.41) is 6.09. The lowest BCUT2D eigenvalue weighted by Crippen LogP contribution is -2.74. The van der Waals surface area contributed by atoms with Gasteiger partial charge in [0.15, 0.2) is 0 Å². The van der Waals surface area contributed by atoms with Crippen LogP contribution in [0, 0.1) is 11.7 Å². The van der Waals surface area contributed by atoms with Crippen LogP contribution in [-0.2, 0) is 16.1 Å². The first-order chi connectivity index (χ1) is 17.9. The highest BCUT2D eigenvalue weighted by Crippen LogP contribution is 2.36. The topological polar surface area (TPSA) is 76.2 Å². The van der Waals surface area contributed by atoms with Crippen molar-refractivity contribution >= 4 is 17.8 Å². The van der Waals surface area contributed by atoms with Crippen LogP contribution >= 0.6 is 0 Å². The Bertz CT molecular complexity index is 1120. The Morgan fingerprint density at radius 3 is 2.41 bits per heavy atom. The highest BCUT2D eigenvalue weighted by molar-refractivity contribution is 5.92. The van der Waals surface area contributed by atoms with Crippen LogP contribution in [0.1, 0.15) is 49.3 Å². The molecule has 2 heterocycles. The Balaban J connectivity index is 1.43. The van der Waals surface area contributed by atoms with Crippen molar-refractivity contribution in [1.29, 1.82) is 0 Å². The number of hydrogen-bond donors (Lipinski definition) is 1. The zero-order valence-electron chi connectivity index (χ0n) is 21.2. The number of likely N-dealkylation sites (N-methyl/N-ethyl adjacent to an activating group) is 1. The van der Waals surface area contributed by atoms with Crippen molar-refractivity contribution in [2.75, 3.05) is 26.7 Å². The molecule has 1 N–H and O–H groups in total. The molecular weight excluding hydrogens is 473 g/mol. The number of fused-ring (bicyclic) bond motifs is 1. The third kappa shape index (κ3) is 5.32. The molecule has 5 rings (SSSR count). The molecule has 0 radical (unpaired) electrons. The third-order valence-electron chi connectivity index (χ3n) is 7.71. The summed E-state index contributed by atoms with van der Waals surface area (Å²) >= 11 is 0. The zero-order chi connectivity index (χ0) is 25.9. The van der Waals surface area contributed by atoms with E-state index in [1.54, 1.807) is 34.1 Å². The Kier molecular flexibility index (Phi) is 7.41. The van der Waals surface area contributed by atoms with E-state index in [-0.39, 0.29) is 43.3 Å². The third-order valence-corrected chi connectivity index (χ3v) is 7.71. The zero-order valence-corrected chi connectivity index (χ0v) is 21.2. The molecule has 4 amide bonds. The number of urea groups is 1. The first kappa shape index (κ1) is 25.2. The van der Waals surface area contributed by atoms with E-state index in [0.29, 0.717) is 12.5 Å². The van der Waals surface area contributed by atoms with Gasteiger partial charge in [-0.3, -0.25) is 9.59 Å². The number of carbonyl (C=O) groups is 3. The van der Waals surface area contributed by atoms with Gasteiger partial charge in [-0.05, 0) is 42.0 Å². The predicted molar refractivity (Wildman–Crippen MR) is 136 cm³/mol. The summed E-state index contributed by atoms with van der Waals surface area (Å²) in [6.07, 6.45) is 5.12. The van der Waals surface area contributed by atoms with E-state index >= 15 is 0 Å². The van der Waals surface area contributed by atoms with E-state index in [4.69, 9.17) is 0 Å². The lowest BCUT2D eigenvalue weighted by molar-refractivity contribution is -0.188. The fourth-order valence-electron chi connectivity index (χ4n) is 5.86. The van der Waals surface area contributed by atoms with Crippen LogP contribution in [0.2, 0.25) is 0 Å². The van der Waals surface area contributed by atoms with Gasteiger partial charge in [-0.25, -0.2) is 19.2 Å². The molecule has 0 unspecified atom stereocenters. The predicted octanol–water partition coefficient (Wildman–Crippen LogP) is 3.52. The fourth-order valence-corrected chi connectivity index (χ4v) is 5.86. The van der Waals surface area contributed by atoms with Gasteiger partial charge in [0.2, 0.25) is 11.8 Å². The Labute approximate surface area is 217 Å². The second-order valence-electron chi connectivity index (χ2n) is 10.3. The summed E-state index contributed by atoms with van der Waals surface area (Å²) in [6, 6.07) is 14.2. The molecule has 196 valence electrons. The SMILES string of the molecule is CN1CC(=O)N2[C@@H](c3ccccc3)C(=O)N(CC3CCCCC3)C[C@@H]2N1C(=O)NCc1ccc(F)cc1. The number of carbonyl (C=O) groups excluding carboxylic acids is 3. The van der Waals surface area contributed by atoms with Crippen molar-refractivity contribution in [1.82, 2.24) is 25.1 Å². The van der Waals surface area contributed by atoms with Crippen molar-refractivity contribution in [2.45, 2.75) is 50.9 Å². The van der Waals surface area contributed by atoms with Gasteiger partial charge in [0.25, 0.3) is 0 Å². The van der Waals surface area contributed by atoms with Crippen molar-refractivity contribution < 1.29 is 18.8 Å². The molecule has 2 atom stereocenters. The van der Waals surface area contributed by atoms with Crippen LogP contribution in [0.15, 0.2) is 54.6 Å². The smallest absolute Gasteiger partial charge is 0.334 e. The minimum atomic E-state index is -0.780. The maximum Gasteiger partial charge on any atom is 0.334 e. The van der Waals surface area contributed by atoms with E-state index in [9.17, 15) is 18.8 Å². The largest absolute Gasteiger partial charge is 0.336 e. The number of nitrogens with one attached hydrogen (secondary N) is 1. The minimum absolute atomic E-state index is 0.0142. The fraction of sp³-hybridized carbons (Fsp3) is 0.464. The van der Waals surface area contributed by atoms with Gasteiger partial charge in [-0.2, -0.15) is 0 Å². The Hall–Kier alpha value is -3.46. The summed E-state index contributed by atoms with van der Waals surface area (Å²) in [5.74, 6) is -0.178. The average Bonchev–Trinajstić information content (AvgIpc) is 2.90. The molecule has 0 bridgehead atoms. The molecule has 1 aliphatic carbocycles. The second-order valence-corrected chi connectivity index (χ2v) is 10.3. The summed E-state index contributed by atoms with van der Waals surface area (Å²) in [4.78, 5) is 44.2. The first-order valence-corrected chi connectivity index (χ1v) is 13.1. The first-order valence-electron chi connectivity index (χ1n) is 13.1. The van der Waals surface area contributed by atoms with E-state index in [1.165, 1.54) is 31.4 Å². The summed E-state index contributed by atoms with van der Waals surface area (Å²) in [7, 11) is 1.71. The Morgan fingerprint density at radius 2 is 1.70 bits per heavy atom. The van der Waals surface area contributed by atoms with Gasteiger partial charge in [0.1, 0.15) is 18.0 Å². The van der Waals surface area contributed by atoms with E-state index < -0.39 is 12.2 Å². The van der Waals surface area contributed by atoms with Crippen LogP contribution in [0.3, 0.4) is 0 Å². The highest BCUT2D eigenvalue weighted by Gasteiger charge is 2.51. The summed E-state index contributed by atoms with van der Waals surface area (Å²) in [5.41, 5.74) is 1.51. The molecule has 37 heavy (non-hydrogen) atoms. The average molecular weight is 508 g/mol. The van der Waals surface area contributed by atoms with Gasteiger partial charge in [-0.15, -0.1) is 0 Å². The number of nitrogens with zero attached hydrogens (tertiary/aromatic N) is 4. The van der Waals surface area contributed by atoms with Crippen LogP contribution in [0.4, 0.5) is 9.18 Å². The van der Waals surface area contributed by atoms with Gasteiger partial charge >= 0.3 is 6.03 Å². The van der Waals surface area contributed by atoms with Crippen molar-refractivity contribution in [3.05, 3.63) is 71.5 Å². The van der Waals surface area contributed by atoms with Crippen molar-refractivity contribution in [3.63, 3.8) is 0 Å². The molecule has 2 aromatic carbocycles. The van der Waals surface area contributed by atoms with E-state index in [2.05, 4.69) is 5.32 Å².